The normalized spacial score (nSPS) is 20.4. The van der Waals surface area contributed by atoms with Crippen molar-refractivity contribution in [2.24, 2.45) is 4.99 Å². The van der Waals surface area contributed by atoms with Gasteiger partial charge >= 0.3 is 0 Å². The summed E-state index contributed by atoms with van der Waals surface area (Å²) in [7, 11) is 0. The molecule has 0 saturated heterocycles. The van der Waals surface area contributed by atoms with Crippen LogP contribution in [0.15, 0.2) is 35.3 Å². The molecule has 2 aromatic rings. The molecule has 1 fully saturated rings. The highest BCUT2D eigenvalue weighted by molar-refractivity contribution is 7.11. The predicted molar refractivity (Wildman–Crippen MR) is 97.1 cm³/mol. The van der Waals surface area contributed by atoms with Crippen LogP contribution in [0.4, 0.5) is 0 Å². The van der Waals surface area contributed by atoms with Gasteiger partial charge in [-0.1, -0.05) is 30.3 Å². The lowest BCUT2D eigenvalue weighted by Crippen LogP contribution is -2.39. The molecule has 2 N–H and O–H groups in total. The van der Waals surface area contributed by atoms with Crippen molar-refractivity contribution in [2.75, 3.05) is 6.54 Å². The summed E-state index contributed by atoms with van der Waals surface area (Å²) < 4.78 is 0. The van der Waals surface area contributed by atoms with Gasteiger partial charge in [0.05, 0.1) is 12.2 Å². The van der Waals surface area contributed by atoms with E-state index in [-0.39, 0.29) is 0 Å². The van der Waals surface area contributed by atoms with E-state index in [2.05, 4.69) is 71.7 Å². The molecule has 0 aliphatic heterocycles. The second-order valence-electron chi connectivity index (χ2n) is 5.95. The lowest BCUT2D eigenvalue weighted by molar-refractivity contribution is 0.794. The van der Waals surface area contributed by atoms with E-state index in [1.165, 1.54) is 16.9 Å². The summed E-state index contributed by atoms with van der Waals surface area (Å²) in [5.74, 6) is 1.49. The molecule has 0 bridgehead atoms. The Kier molecular flexibility index (Phi) is 4.96. The van der Waals surface area contributed by atoms with Crippen molar-refractivity contribution in [3.8, 4) is 0 Å². The van der Waals surface area contributed by atoms with Crippen LogP contribution in [-0.4, -0.2) is 23.5 Å². The molecule has 1 heterocycles. The highest BCUT2D eigenvalue weighted by atomic mass is 32.1. The Morgan fingerprint density at radius 1 is 1.30 bits per heavy atom. The summed E-state index contributed by atoms with van der Waals surface area (Å²) in [6, 6.07) is 11.2. The summed E-state index contributed by atoms with van der Waals surface area (Å²) in [4.78, 5) is 10.5. The number of benzene rings is 1. The molecular formula is C18H24N4S. The summed E-state index contributed by atoms with van der Waals surface area (Å²) in [6.45, 7) is 7.76. The molecule has 4 nitrogen and oxygen atoms in total. The van der Waals surface area contributed by atoms with Crippen LogP contribution < -0.4 is 10.6 Å². The number of aliphatic imine (C=N–C) groups is 1. The van der Waals surface area contributed by atoms with Gasteiger partial charge in [-0.25, -0.2) is 9.98 Å². The Morgan fingerprint density at radius 2 is 2.09 bits per heavy atom. The van der Waals surface area contributed by atoms with Gasteiger partial charge in [0, 0.05) is 23.4 Å². The molecule has 23 heavy (non-hydrogen) atoms. The average Bonchev–Trinajstić information content (AvgIpc) is 3.24. The zero-order valence-electron chi connectivity index (χ0n) is 14.0. The van der Waals surface area contributed by atoms with Gasteiger partial charge in [-0.05, 0) is 32.8 Å². The van der Waals surface area contributed by atoms with Gasteiger partial charge in [0.1, 0.15) is 5.01 Å². The fraction of sp³-hybridized carbons (Fsp3) is 0.444. The Labute approximate surface area is 142 Å². The number of aromatic nitrogens is 1. The van der Waals surface area contributed by atoms with E-state index in [0.29, 0.717) is 18.5 Å². The molecule has 1 aliphatic carbocycles. The van der Waals surface area contributed by atoms with Gasteiger partial charge in [-0.2, -0.15) is 0 Å². The first kappa shape index (κ1) is 16.0. The third-order valence-electron chi connectivity index (χ3n) is 4.13. The minimum atomic E-state index is 0.481. The molecule has 3 rings (SSSR count). The SMILES string of the molecule is CCNC(=NCc1nc(C)c(C)s1)NC1CC1c1ccccc1. The van der Waals surface area contributed by atoms with Gasteiger partial charge in [0.15, 0.2) is 5.96 Å². The third-order valence-corrected chi connectivity index (χ3v) is 5.19. The van der Waals surface area contributed by atoms with E-state index >= 15 is 0 Å². The number of hydrogen-bond acceptors (Lipinski definition) is 3. The first-order valence-corrected chi connectivity index (χ1v) is 9.01. The van der Waals surface area contributed by atoms with Crippen molar-refractivity contribution in [2.45, 2.75) is 45.7 Å². The molecule has 1 aromatic carbocycles. The van der Waals surface area contributed by atoms with E-state index in [0.717, 1.165) is 23.2 Å². The Bertz CT molecular complexity index is 658. The molecule has 2 atom stereocenters. The topological polar surface area (TPSA) is 49.3 Å². The molecule has 0 spiro atoms. The highest BCUT2D eigenvalue weighted by Gasteiger charge is 2.38. The minimum absolute atomic E-state index is 0.481. The number of guanidine groups is 1. The van der Waals surface area contributed by atoms with Crippen LogP contribution >= 0.6 is 11.3 Å². The lowest BCUT2D eigenvalue weighted by Gasteiger charge is -2.11. The van der Waals surface area contributed by atoms with Crippen LogP contribution in [0.25, 0.3) is 0 Å². The molecule has 0 amide bonds. The summed E-state index contributed by atoms with van der Waals surface area (Å²) in [6.07, 6.45) is 1.17. The van der Waals surface area contributed by atoms with Crippen LogP contribution in [-0.2, 0) is 6.54 Å². The molecule has 1 aromatic heterocycles. The van der Waals surface area contributed by atoms with E-state index < -0.39 is 0 Å². The Balaban J connectivity index is 1.60. The van der Waals surface area contributed by atoms with Gasteiger partial charge in [-0.3, -0.25) is 0 Å². The molecule has 1 aliphatic rings. The molecule has 1 saturated carbocycles. The van der Waals surface area contributed by atoms with Crippen LogP contribution in [0, 0.1) is 13.8 Å². The maximum atomic E-state index is 4.69. The fourth-order valence-electron chi connectivity index (χ4n) is 2.67. The largest absolute Gasteiger partial charge is 0.357 e. The summed E-state index contributed by atoms with van der Waals surface area (Å²) in [5, 5.41) is 7.96. The number of nitrogens with zero attached hydrogens (tertiary/aromatic N) is 2. The Hall–Kier alpha value is -1.88. The molecule has 5 heteroatoms. The van der Waals surface area contributed by atoms with E-state index in [1.54, 1.807) is 11.3 Å². The lowest BCUT2D eigenvalue weighted by atomic mass is 10.1. The van der Waals surface area contributed by atoms with Crippen molar-refractivity contribution in [3.63, 3.8) is 0 Å². The van der Waals surface area contributed by atoms with Crippen LogP contribution in [0.1, 0.15) is 40.4 Å². The summed E-state index contributed by atoms with van der Waals surface area (Å²) in [5.41, 5.74) is 2.52. The minimum Gasteiger partial charge on any atom is -0.357 e. The van der Waals surface area contributed by atoms with Crippen molar-refractivity contribution in [1.82, 2.24) is 15.6 Å². The maximum Gasteiger partial charge on any atom is 0.191 e. The first-order valence-electron chi connectivity index (χ1n) is 8.20. The third kappa shape index (κ3) is 4.10. The number of nitrogens with one attached hydrogen (secondary N) is 2. The van der Waals surface area contributed by atoms with Gasteiger partial charge in [0.2, 0.25) is 0 Å². The second-order valence-corrected chi connectivity index (χ2v) is 7.24. The van der Waals surface area contributed by atoms with Crippen LogP contribution in [0.3, 0.4) is 0 Å². The van der Waals surface area contributed by atoms with Crippen LogP contribution in [0.5, 0.6) is 0 Å². The van der Waals surface area contributed by atoms with Crippen molar-refractivity contribution in [1.29, 1.82) is 0 Å². The maximum absolute atomic E-state index is 4.69. The van der Waals surface area contributed by atoms with Gasteiger partial charge in [0.25, 0.3) is 0 Å². The summed E-state index contributed by atoms with van der Waals surface area (Å²) >= 11 is 1.73. The van der Waals surface area contributed by atoms with E-state index in [9.17, 15) is 0 Å². The van der Waals surface area contributed by atoms with E-state index in [1.807, 2.05) is 0 Å². The first-order chi connectivity index (χ1) is 11.2. The average molecular weight is 328 g/mol. The molecule has 0 radical (unpaired) electrons. The second kappa shape index (κ2) is 7.13. The quantitative estimate of drug-likeness (QED) is 0.653. The fourth-order valence-corrected chi connectivity index (χ4v) is 3.53. The van der Waals surface area contributed by atoms with Gasteiger partial charge < -0.3 is 10.6 Å². The van der Waals surface area contributed by atoms with Gasteiger partial charge in [-0.15, -0.1) is 11.3 Å². The smallest absolute Gasteiger partial charge is 0.191 e. The monoisotopic (exact) mass is 328 g/mol. The predicted octanol–water partition coefficient (Wildman–Crippen LogP) is 3.37. The van der Waals surface area contributed by atoms with Crippen molar-refractivity contribution >= 4 is 17.3 Å². The molecule has 2 unspecified atom stereocenters. The zero-order valence-corrected chi connectivity index (χ0v) is 14.8. The molecule has 122 valence electrons. The highest BCUT2D eigenvalue weighted by Crippen LogP contribution is 2.40. The van der Waals surface area contributed by atoms with Crippen molar-refractivity contribution in [3.05, 3.63) is 51.5 Å². The Morgan fingerprint density at radius 3 is 2.74 bits per heavy atom. The number of rotatable bonds is 5. The zero-order chi connectivity index (χ0) is 16.2. The van der Waals surface area contributed by atoms with Crippen LogP contribution in [0.2, 0.25) is 0 Å². The number of thiazole rings is 1. The van der Waals surface area contributed by atoms with E-state index in [4.69, 9.17) is 0 Å². The number of aryl methyl sites for hydroxylation is 2. The standard InChI is InChI=1S/C18H24N4S/c1-4-19-18(20-11-17-21-12(2)13(3)23-17)22-16-10-15(16)14-8-6-5-7-9-14/h5-9,15-16H,4,10-11H2,1-3H3,(H2,19,20,22). The molecular weight excluding hydrogens is 304 g/mol. The number of hydrogen-bond donors (Lipinski definition) is 2. The van der Waals surface area contributed by atoms with Crippen molar-refractivity contribution < 1.29 is 0 Å².